The highest BCUT2D eigenvalue weighted by molar-refractivity contribution is 6.46. The number of benzene rings is 2. The number of amides is 1. The highest BCUT2D eigenvalue weighted by atomic mass is 35.5. The number of hydrogen-bond acceptors (Lipinski definition) is 4. The van der Waals surface area contributed by atoms with Crippen LogP contribution in [0.2, 0.25) is 5.02 Å². The lowest BCUT2D eigenvalue weighted by Crippen LogP contribution is -2.30. The monoisotopic (exact) mass is 413 g/mol. The summed E-state index contributed by atoms with van der Waals surface area (Å²) in [6, 6.07) is 13.1. The average molecular weight is 414 g/mol. The van der Waals surface area contributed by atoms with Gasteiger partial charge in [0.15, 0.2) is 0 Å². The number of halogens is 1. The van der Waals surface area contributed by atoms with Crippen molar-refractivity contribution >= 4 is 29.1 Å². The van der Waals surface area contributed by atoms with Crippen molar-refractivity contribution in [2.75, 3.05) is 6.54 Å². The van der Waals surface area contributed by atoms with Crippen molar-refractivity contribution in [2.45, 2.75) is 39.3 Å². The molecule has 1 atom stereocenters. The highest BCUT2D eigenvalue weighted by Crippen LogP contribution is 2.40. The first-order chi connectivity index (χ1) is 13.8. The van der Waals surface area contributed by atoms with Gasteiger partial charge in [-0.1, -0.05) is 30.7 Å². The minimum atomic E-state index is -0.682. The van der Waals surface area contributed by atoms with Gasteiger partial charge in [0.1, 0.15) is 11.5 Å². The second-order valence-electron chi connectivity index (χ2n) is 7.24. The molecule has 1 heterocycles. The van der Waals surface area contributed by atoms with Crippen molar-refractivity contribution < 1.29 is 19.4 Å². The van der Waals surface area contributed by atoms with Crippen LogP contribution in [0, 0.1) is 0 Å². The van der Waals surface area contributed by atoms with Crippen LogP contribution in [-0.4, -0.2) is 34.3 Å². The van der Waals surface area contributed by atoms with E-state index >= 15 is 0 Å². The normalized spacial score (nSPS) is 18.5. The molecule has 2 aromatic carbocycles. The van der Waals surface area contributed by atoms with Gasteiger partial charge in [-0.15, -0.1) is 0 Å². The van der Waals surface area contributed by atoms with Crippen LogP contribution in [0.25, 0.3) is 5.76 Å². The SMILES string of the molecule is CCCN1C(=O)C(=O)/C(=C(\O)c2ccc(Cl)cc2)C1c1ccc(OC(C)C)cc1. The van der Waals surface area contributed by atoms with E-state index in [0.717, 1.165) is 5.56 Å². The summed E-state index contributed by atoms with van der Waals surface area (Å²) in [6.45, 7) is 6.23. The van der Waals surface area contributed by atoms with E-state index < -0.39 is 17.7 Å². The topological polar surface area (TPSA) is 66.8 Å². The molecule has 1 N–H and O–H groups in total. The van der Waals surface area contributed by atoms with Crippen LogP contribution >= 0.6 is 11.6 Å². The fourth-order valence-electron chi connectivity index (χ4n) is 3.46. The minimum Gasteiger partial charge on any atom is -0.507 e. The molecule has 1 amide bonds. The molecule has 6 heteroatoms. The number of rotatable bonds is 6. The molecule has 0 bridgehead atoms. The summed E-state index contributed by atoms with van der Waals surface area (Å²) < 4.78 is 5.68. The number of aliphatic hydroxyl groups is 1. The molecule has 1 saturated heterocycles. The zero-order valence-electron chi connectivity index (χ0n) is 16.7. The van der Waals surface area contributed by atoms with Crippen molar-refractivity contribution in [1.82, 2.24) is 4.90 Å². The van der Waals surface area contributed by atoms with Crippen molar-refractivity contribution in [3.05, 3.63) is 70.3 Å². The first kappa shape index (κ1) is 20.9. The maximum absolute atomic E-state index is 12.8. The Balaban J connectivity index is 2.09. The van der Waals surface area contributed by atoms with Gasteiger partial charge in [0, 0.05) is 17.1 Å². The van der Waals surface area contributed by atoms with E-state index in [-0.39, 0.29) is 17.4 Å². The van der Waals surface area contributed by atoms with Gasteiger partial charge in [0.2, 0.25) is 0 Å². The average Bonchev–Trinajstić information content (AvgIpc) is 2.93. The molecule has 1 aliphatic heterocycles. The summed E-state index contributed by atoms with van der Waals surface area (Å²) in [7, 11) is 0. The fraction of sp³-hybridized carbons (Fsp3) is 0.304. The van der Waals surface area contributed by atoms with Crippen LogP contribution in [0.3, 0.4) is 0 Å². The zero-order valence-corrected chi connectivity index (χ0v) is 17.4. The lowest BCUT2D eigenvalue weighted by Gasteiger charge is -2.25. The van der Waals surface area contributed by atoms with E-state index in [1.54, 1.807) is 24.3 Å². The Kier molecular flexibility index (Phi) is 6.28. The Morgan fingerprint density at radius 1 is 1.10 bits per heavy atom. The van der Waals surface area contributed by atoms with Gasteiger partial charge < -0.3 is 14.7 Å². The number of Topliss-reactive ketones (excluding diaryl/α,β-unsaturated/α-hetero) is 1. The summed E-state index contributed by atoms with van der Waals surface area (Å²) in [5.74, 6) is -0.784. The molecule has 2 aromatic rings. The number of ether oxygens (including phenoxy) is 1. The summed E-state index contributed by atoms with van der Waals surface area (Å²) in [5, 5.41) is 11.4. The molecule has 0 aliphatic carbocycles. The van der Waals surface area contributed by atoms with Gasteiger partial charge >= 0.3 is 0 Å². The molecule has 0 radical (unpaired) electrons. The summed E-state index contributed by atoms with van der Waals surface area (Å²) in [4.78, 5) is 27.0. The molecule has 152 valence electrons. The number of nitrogens with zero attached hydrogens (tertiary/aromatic N) is 1. The second kappa shape index (κ2) is 8.70. The predicted molar refractivity (Wildman–Crippen MR) is 113 cm³/mol. The van der Waals surface area contributed by atoms with E-state index in [0.29, 0.717) is 29.3 Å². The van der Waals surface area contributed by atoms with E-state index in [1.807, 2.05) is 45.0 Å². The van der Waals surface area contributed by atoms with Crippen LogP contribution in [0.15, 0.2) is 54.1 Å². The molecule has 1 aliphatic rings. The van der Waals surface area contributed by atoms with Crippen LogP contribution in [0.4, 0.5) is 0 Å². The third kappa shape index (κ3) is 4.30. The molecular weight excluding hydrogens is 390 g/mol. The lowest BCUT2D eigenvalue weighted by atomic mass is 9.95. The standard InChI is InChI=1S/C23H24ClNO4/c1-4-13-25-20(15-7-11-18(12-8-15)29-14(2)3)19(22(27)23(25)28)21(26)16-5-9-17(24)10-6-16/h5-12,14,20,26H,4,13H2,1-3H3/b21-19-. The summed E-state index contributed by atoms with van der Waals surface area (Å²) >= 11 is 5.93. The van der Waals surface area contributed by atoms with E-state index in [2.05, 4.69) is 0 Å². The number of hydrogen-bond donors (Lipinski definition) is 1. The fourth-order valence-corrected chi connectivity index (χ4v) is 3.59. The molecule has 1 fully saturated rings. The maximum Gasteiger partial charge on any atom is 0.295 e. The van der Waals surface area contributed by atoms with Gasteiger partial charge in [0.25, 0.3) is 11.7 Å². The number of carbonyl (C=O) groups is 2. The van der Waals surface area contributed by atoms with Gasteiger partial charge in [-0.05, 0) is 62.2 Å². The molecule has 3 rings (SSSR count). The van der Waals surface area contributed by atoms with Gasteiger partial charge in [-0.25, -0.2) is 0 Å². The third-order valence-electron chi connectivity index (χ3n) is 4.69. The van der Waals surface area contributed by atoms with Crippen molar-refractivity contribution in [3.8, 4) is 5.75 Å². The maximum atomic E-state index is 12.8. The number of carbonyl (C=O) groups excluding carboxylic acids is 2. The smallest absolute Gasteiger partial charge is 0.295 e. The molecule has 29 heavy (non-hydrogen) atoms. The Bertz CT molecular complexity index is 932. The molecule has 5 nitrogen and oxygen atoms in total. The van der Waals surface area contributed by atoms with Crippen LogP contribution < -0.4 is 4.74 Å². The van der Waals surface area contributed by atoms with Gasteiger partial charge in [-0.2, -0.15) is 0 Å². The van der Waals surface area contributed by atoms with Crippen LogP contribution in [-0.2, 0) is 9.59 Å². The molecule has 0 spiro atoms. The predicted octanol–water partition coefficient (Wildman–Crippen LogP) is 4.96. The first-order valence-electron chi connectivity index (χ1n) is 9.64. The largest absolute Gasteiger partial charge is 0.507 e. The van der Waals surface area contributed by atoms with Gasteiger partial charge in [-0.3, -0.25) is 9.59 Å². The Labute approximate surface area is 175 Å². The van der Waals surface area contributed by atoms with Crippen molar-refractivity contribution in [2.24, 2.45) is 0 Å². The third-order valence-corrected chi connectivity index (χ3v) is 4.94. The van der Waals surface area contributed by atoms with E-state index in [9.17, 15) is 14.7 Å². The first-order valence-corrected chi connectivity index (χ1v) is 10.0. The minimum absolute atomic E-state index is 0.0384. The van der Waals surface area contributed by atoms with Crippen molar-refractivity contribution in [3.63, 3.8) is 0 Å². The molecule has 0 saturated carbocycles. The van der Waals surface area contributed by atoms with E-state index in [4.69, 9.17) is 16.3 Å². The Morgan fingerprint density at radius 3 is 2.28 bits per heavy atom. The quantitative estimate of drug-likeness (QED) is 0.413. The molecular formula is C23H24ClNO4. The number of ketones is 1. The van der Waals surface area contributed by atoms with Crippen molar-refractivity contribution in [1.29, 1.82) is 0 Å². The van der Waals surface area contributed by atoms with E-state index in [1.165, 1.54) is 4.90 Å². The second-order valence-corrected chi connectivity index (χ2v) is 7.67. The number of aliphatic hydroxyl groups excluding tert-OH is 1. The van der Waals surface area contributed by atoms with Crippen LogP contribution in [0.5, 0.6) is 5.75 Å². The summed E-state index contributed by atoms with van der Waals surface area (Å²) in [5.41, 5.74) is 1.27. The van der Waals surface area contributed by atoms with Crippen LogP contribution in [0.1, 0.15) is 44.4 Å². The molecule has 0 aromatic heterocycles. The Morgan fingerprint density at radius 2 is 1.72 bits per heavy atom. The van der Waals surface area contributed by atoms with Gasteiger partial charge in [0.05, 0.1) is 17.7 Å². The Hall–Kier alpha value is -2.79. The zero-order chi connectivity index (χ0) is 21.1. The lowest BCUT2D eigenvalue weighted by molar-refractivity contribution is -0.139. The summed E-state index contributed by atoms with van der Waals surface area (Å²) in [6.07, 6.45) is 0.732. The molecule has 1 unspecified atom stereocenters. The number of likely N-dealkylation sites (tertiary alicyclic amines) is 1. The highest BCUT2D eigenvalue weighted by Gasteiger charge is 2.45.